The van der Waals surface area contributed by atoms with E-state index in [1.165, 1.54) is 7.11 Å². The van der Waals surface area contributed by atoms with Gasteiger partial charge in [0.2, 0.25) is 5.91 Å². The Bertz CT molecular complexity index is 692. The van der Waals surface area contributed by atoms with Gasteiger partial charge in [-0.3, -0.25) is 4.79 Å². The van der Waals surface area contributed by atoms with Crippen molar-refractivity contribution in [1.29, 1.82) is 0 Å². The molecule has 2 aromatic carbocycles. The third-order valence-corrected chi connectivity index (χ3v) is 3.02. The zero-order valence-corrected chi connectivity index (χ0v) is 13.1. The van der Waals surface area contributed by atoms with Crippen LogP contribution in [0.5, 0.6) is 11.5 Å². The van der Waals surface area contributed by atoms with Gasteiger partial charge in [0.05, 0.1) is 12.8 Å². The van der Waals surface area contributed by atoms with Gasteiger partial charge in [-0.25, -0.2) is 4.79 Å². The van der Waals surface area contributed by atoms with Crippen LogP contribution < -0.4 is 20.1 Å². The molecular weight excluding hydrogens is 320 g/mol. The highest BCUT2D eigenvalue weighted by Gasteiger charge is 2.10. The van der Waals surface area contributed by atoms with Gasteiger partial charge in [0, 0.05) is 5.02 Å². The fraction of sp³-hybridized carbons (Fsp3) is 0.125. The highest BCUT2D eigenvalue weighted by molar-refractivity contribution is 6.31. The maximum absolute atomic E-state index is 11.9. The lowest BCUT2D eigenvalue weighted by Gasteiger charge is -2.11. The molecule has 0 atom stereocenters. The molecule has 0 aliphatic carbocycles. The number of ether oxygens (including phenoxy) is 2. The number of carbonyl (C=O) groups is 2. The standard InChI is InChI=1S/C16H15ClN2O4/c1-22-14-8-7-11(17)9-13(14)19-15(20)10-18-16(21)23-12-5-3-2-4-6-12/h2-9H,10H2,1H3,(H,18,21)(H,19,20). The lowest BCUT2D eigenvalue weighted by Crippen LogP contribution is -2.34. The summed E-state index contributed by atoms with van der Waals surface area (Å²) in [6.45, 7) is -0.249. The fourth-order valence-corrected chi connectivity index (χ4v) is 1.93. The molecule has 0 fully saturated rings. The van der Waals surface area contributed by atoms with Crippen molar-refractivity contribution >= 4 is 29.3 Å². The molecular formula is C16H15ClN2O4. The number of nitrogens with one attached hydrogen (secondary N) is 2. The Morgan fingerprint density at radius 2 is 1.87 bits per heavy atom. The number of amides is 2. The molecule has 2 N–H and O–H groups in total. The number of para-hydroxylation sites is 1. The SMILES string of the molecule is COc1ccc(Cl)cc1NC(=O)CNC(=O)Oc1ccccc1. The number of hydrogen-bond donors (Lipinski definition) is 2. The summed E-state index contributed by atoms with van der Waals surface area (Å²) in [6, 6.07) is 13.4. The summed E-state index contributed by atoms with van der Waals surface area (Å²) < 4.78 is 10.1. The first-order valence-corrected chi connectivity index (χ1v) is 7.10. The number of halogens is 1. The summed E-state index contributed by atoms with van der Waals surface area (Å²) in [6.07, 6.45) is -0.718. The Morgan fingerprint density at radius 1 is 1.13 bits per heavy atom. The predicted octanol–water partition coefficient (Wildman–Crippen LogP) is 3.08. The van der Waals surface area contributed by atoms with Crippen LogP contribution in [0.3, 0.4) is 0 Å². The van der Waals surface area contributed by atoms with Gasteiger partial charge < -0.3 is 20.1 Å². The van der Waals surface area contributed by atoms with Crippen LogP contribution in [0.15, 0.2) is 48.5 Å². The van der Waals surface area contributed by atoms with Gasteiger partial charge in [-0.1, -0.05) is 29.8 Å². The van der Waals surface area contributed by atoms with E-state index in [1.54, 1.807) is 48.5 Å². The first kappa shape index (κ1) is 16.6. The van der Waals surface area contributed by atoms with E-state index in [-0.39, 0.29) is 6.54 Å². The molecule has 0 aliphatic heterocycles. The number of hydrogen-bond acceptors (Lipinski definition) is 4. The molecule has 7 heteroatoms. The molecule has 2 amide bonds. The summed E-state index contributed by atoms with van der Waals surface area (Å²) in [4.78, 5) is 23.5. The van der Waals surface area contributed by atoms with Gasteiger partial charge in [-0.15, -0.1) is 0 Å². The Morgan fingerprint density at radius 3 is 2.57 bits per heavy atom. The lowest BCUT2D eigenvalue weighted by atomic mass is 10.3. The van der Waals surface area contributed by atoms with Crippen LogP contribution in [0, 0.1) is 0 Å². The molecule has 2 aromatic rings. The van der Waals surface area contributed by atoms with Crippen molar-refractivity contribution in [2.75, 3.05) is 19.0 Å². The first-order valence-electron chi connectivity index (χ1n) is 6.72. The fourth-order valence-electron chi connectivity index (χ4n) is 1.76. The summed E-state index contributed by atoms with van der Waals surface area (Å²) in [5.74, 6) is 0.423. The van der Waals surface area contributed by atoms with E-state index in [2.05, 4.69) is 10.6 Å². The molecule has 0 unspecified atom stereocenters. The van der Waals surface area contributed by atoms with E-state index in [0.717, 1.165) is 0 Å². The van der Waals surface area contributed by atoms with Gasteiger partial charge in [0.1, 0.15) is 18.0 Å². The van der Waals surface area contributed by atoms with E-state index < -0.39 is 12.0 Å². The van der Waals surface area contributed by atoms with Crippen molar-refractivity contribution in [2.45, 2.75) is 0 Å². The predicted molar refractivity (Wildman–Crippen MR) is 87.1 cm³/mol. The number of anilines is 1. The van der Waals surface area contributed by atoms with Gasteiger partial charge in [0.25, 0.3) is 0 Å². The van der Waals surface area contributed by atoms with Crippen LogP contribution in [0.1, 0.15) is 0 Å². The van der Waals surface area contributed by atoms with Crippen LogP contribution >= 0.6 is 11.6 Å². The Kier molecular flexibility index (Phi) is 5.82. The molecule has 0 bridgehead atoms. The molecule has 6 nitrogen and oxygen atoms in total. The minimum absolute atomic E-state index is 0.249. The topological polar surface area (TPSA) is 76.7 Å². The van der Waals surface area contributed by atoms with Crippen LogP contribution in [0.4, 0.5) is 10.5 Å². The van der Waals surface area contributed by atoms with Gasteiger partial charge in [-0.05, 0) is 30.3 Å². The zero-order chi connectivity index (χ0) is 16.7. The van der Waals surface area contributed by atoms with Crippen molar-refractivity contribution in [3.05, 3.63) is 53.6 Å². The van der Waals surface area contributed by atoms with Gasteiger partial charge >= 0.3 is 6.09 Å². The molecule has 0 saturated heterocycles. The van der Waals surface area contributed by atoms with Crippen LogP contribution in [-0.4, -0.2) is 25.7 Å². The average Bonchev–Trinajstić information content (AvgIpc) is 2.54. The number of methoxy groups -OCH3 is 1. The second kappa shape index (κ2) is 8.05. The molecule has 23 heavy (non-hydrogen) atoms. The van der Waals surface area contributed by atoms with Crippen molar-refractivity contribution in [1.82, 2.24) is 5.32 Å². The largest absolute Gasteiger partial charge is 0.495 e. The van der Waals surface area contributed by atoms with Crippen molar-refractivity contribution in [2.24, 2.45) is 0 Å². The molecule has 0 aliphatic rings. The summed E-state index contributed by atoms with van der Waals surface area (Å²) in [5.41, 5.74) is 0.420. The first-order chi connectivity index (χ1) is 11.1. The normalized spacial score (nSPS) is 9.83. The molecule has 0 heterocycles. The second-order valence-electron chi connectivity index (χ2n) is 4.45. The Hall–Kier alpha value is -2.73. The molecule has 0 spiro atoms. The van der Waals surface area contributed by atoms with Gasteiger partial charge in [-0.2, -0.15) is 0 Å². The molecule has 0 radical (unpaired) electrons. The molecule has 2 rings (SSSR count). The maximum atomic E-state index is 11.9. The second-order valence-corrected chi connectivity index (χ2v) is 4.89. The van der Waals surface area contributed by atoms with E-state index in [0.29, 0.717) is 22.2 Å². The van der Waals surface area contributed by atoms with Crippen LogP contribution in [-0.2, 0) is 4.79 Å². The lowest BCUT2D eigenvalue weighted by molar-refractivity contribution is -0.115. The van der Waals surface area contributed by atoms with E-state index in [4.69, 9.17) is 21.1 Å². The van der Waals surface area contributed by atoms with E-state index in [9.17, 15) is 9.59 Å². The average molecular weight is 335 g/mol. The smallest absolute Gasteiger partial charge is 0.413 e. The highest BCUT2D eigenvalue weighted by Crippen LogP contribution is 2.27. The van der Waals surface area contributed by atoms with Crippen LogP contribution in [0.2, 0.25) is 5.02 Å². The highest BCUT2D eigenvalue weighted by atomic mass is 35.5. The summed E-state index contributed by atoms with van der Waals surface area (Å²) >= 11 is 5.88. The maximum Gasteiger partial charge on any atom is 0.413 e. The molecule has 0 aromatic heterocycles. The molecule has 0 saturated carbocycles. The number of benzene rings is 2. The quantitative estimate of drug-likeness (QED) is 0.881. The third-order valence-electron chi connectivity index (χ3n) is 2.78. The van der Waals surface area contributed by atoms with E-state index in [1.807, 2.05) is 0 Å². The zero-order valence-electron chi connectivity index (χ0n) is 12.3. The van der Waals surface area contributed by atoms with Crippen molar-refractivity contribution in [3.63, 3.8) is 0 Å². The van der Waals surface area contributed by atoms with Crippen molar-refractivity contribution in [3.8, 4) is 11.5 Å². The monoisotopic (exact) mass is 334 g/mol. The number of carbonyl (C=O) groups excluding carboxylic acids is 2. The number of rotatable bonds is 5. The third kappa shape index (κ3) is 5.19. The van der Waals surface area contributed by atoms with E-state index >= 15 is 0 Å². The Labute approximate surface area is 138 Å². The summed E-state index contributed by atoms with van der Waals surface area (Å²) in [5, 5.41) is 5.42. The van der Waals surface area contributed by atoms with Crippen LogP contribution in [0.25, 0.3) is 0 Å². The van der Waals surface area contributed by atoms with Gasteiger partial charge in [0.15, 0.2) is 0 Å². The summed E-state index contributed by atoms with van der Waals surface area (Å²) in [7, 11) is 1.48. The minimum Gasteiger partial charge on any atom is -0.495 e. The van der Waals surface area contributed by atoms with Crippen molar-refractivity contribution < 1.29 is 19.1 Å². The minimum atomic E-state index is -0.718. The Balaban J connectivity index is 1.85. The molecule has 120 valence electrons.